The maximum atomic E-state index is 12.8. The summed E-state index contributed by atoms with van der Waals surface area (Å²) in [5.74, 6) is 1.11. The van der Waals surface area contributed by atoms with Crippen molar-refractivity contribution in [1.82, 2.24) is 9.03 Å². The van der Waals surface area contributed by atoms with E-state index in [-0.39, 0.29) is 16.3 Å². The Morgan fingerprint density at radius 1 is 0.966 bits per heavy atom. The molecule has 0 spiro atoms. The van der Waals surface area contributed by atoms with Crippen LogP contribution in [0.5, 0.6) is 5.75 Å². The number of hydrogen-bond donors (Lipinski definition) is 1. The molecule has 1 fully saturated rings. The van der Waals surface area contributed by atoms with E-state index < -0.39 is 20.0 Å². The molecule has 0 aromatic heterocycles. The summed E-state index contributed by atoms with van der Waals surface area (Å²) in [5.41, 5.74) is 0.706. The van der Waals surface area contributed by atoms with E-state index in [4.69, 9.17) is 4.74 Å². The molecule has 3 rings (SSSR count). The topological polar surface area (TPSA) is 92.8 Å². The number of para-hydroxylation sites is 1. The van der Waals surface area contributed by atoms with Crippen LogP contribution in [0.15, 0.2) is 58.3 Å². The minimum atomic E-state index is -3.79. The molecule has 0 aliphatic carbocycles. The first-order chi connectivity index (χ1) is 13.7. The van der Waals surface area contributed by atoms with Crippen LogP contribution in [0.2, 0.25) is 0 Å². The van der Waals surface area contributed by atoms with Crippen LogP contribution in [0.25, 0.3) is 0 Å². The first kappa shape index (κ1) is 21.8. The van der Waals surface area contributed by atoms with Crippen LogP contribution in [-0.2, 0) is 26.6 Å². The first-order valence-corrected chi connectivity index (χ1v) is 12.4. The van der Waals surface area contributed by atoms with E-state index in [1.807, 2.05) is 0 Å². The fourth-order valence-corrected chi connectivity index (χ4v) is 5.75. The molecule has 7 nitrogen and oxygen atoms in total. The van der Waals surface area contributed by atoms with Gasteiger partial charge in [0.05, 0.1) is 16.9 Å². The van der Waals surface area contributed by atoms with E-state index in [0.717, 1.165) is 12.8 Å². The zero-order valence-corrected chi connectivity index (χ0v) is 18.2. The highest BCUT2D eigenvalue weighted by Crippen LogP contribution is 2.24. The van der Waals surface area contributed by atoms with Gasteiger partial charge >= 0.3 is 0 Å². The van der Waals surface area contributed by atoms with Gasteiger partial charge in [0.15, 0.2) is 0 Å². The van der Waals surface area contributed by atoms with Crippen molar-refractivity contribution < 1.29 is 21.6 Å². The molecule has 29 heavy (non-hydrogen) atoms. The van der Waals surface area contributed by atoms with E-state index in [1.54, 1.807) is 24.3 Å². The Kier molecular flexibility index (Phi) is 6.62. The molecule has 158 valence electrons. The second-order valence-electron chi connectivity index (χ2n) is 7.19. The predicted molar refractivity (Wildman–Crippen MR) is 111 cm³/mol. The molecule has 0 unspecified atom stereocenters. The number of benzene rings is 2. The summed E-state index contributed by atoms with van der Waals surface area (Å²) >= 11 is 0. The second-order valence-corrected chi connectivity index (χ2v) is 10.9. The highest BCUT2D eigenvalue weighted by Gasteiger charge is 2.28. The summed E-state index contributed by atoms with van der Waals surface area (Å²) in [4.78, 5) is 0.120. The van der Waals surface area contributed by atoms with Gasteiger partial charge in [-0.3, -0.25) is 0 Å². The van der Waals surface area contributed by atoms with Crippen LogP contribution in [-0.4, -0.2) is 41.3 Å². The third-order valence-electron chi connectivity index (χ3n) is 5.16. The highest BCUT2D eigenvalue weighted by molar-refractivity contribution is 7.89. The zero-order valence-electron chi connectivity index (χ0n) is 16.5. The molecule has 1 N–H and O–H groups in total. The molecule has 0 radical (unpaired) electrons. The third-order valence-corrected chi connectivity index (χ3v) is 8.49. The molecule has 1 saturated heterocycles. The third kappa shape index (κ3) is 4.98. The number of ether oxygens (including phenoxy) is 1. The average Bonchev–Trinajstić information content (AvgIpc) is 2.73. The van der Waals surface area contributed by atoms with E-state index in [2.05, 4.69) is 11.6 Å². The van der Waals surface area contributed by atoms with Crippen molar-refractivity contribution in [3.63, 3.8) is 0 Å². The second kappa shape index (κ2) is 8.83. The van der Waals surface area contributed by atoms with Crippen LogP contribution in [0.3, 0.4) is 0 Å². The van der Waals surface area contributed by atoms with Gasteiger partial charge in [-0.1, -0.05) is 25.1 Å². The standard InChI is InChI=1S/C20H26N2O5S2/c1-16-11-13-22(14-12-16)29(25,26)19-9-7-18(8-10-19)28(23,24)21-15-17-5-3-4-6-20(17)27-2/h3-10,16,21H,11-15H2,1-2H3. The summed E-state index contributed by atoms with van der Waals surface area (Å²) in [6.07, 6.45) is 1.66. The molecule has 1 heterocycles. The molecular formula is C20H26N2O5S2. The molecule has 0 bridgehead atoms. The SMILES string of the molecule is COc1ccccc1CNS(=O)(=O)c1ccc(S(=O)(=O)N2CCC(C)CC2)cc1. The van der Waals surface area contributed by atoms with E-state index in [9.17, 15) is 16.8 Å². The van der Waals surface area contributed by atoms with Gasteiger partial charge < -0.3 is 4.74 Å². The van der Waals surface area contributed by atoms with Crippen molar-refractivity contribution in [3.8, 4) is 5.75 Å². The summed E-state index contributed by atoms with van der Waals surface area (Å²) in [7, 11) is -5.88. The van der Waals surface area contributed by atoms with Crippen molar-refractivity contribution >= 4 is 20.0 Å². The lowest BCUT2D eigenvalue weighted by Crippen LogP contribution is -2.37. The molecule has 1 aliphatic rings. The first-order valence-electron chi connectivity index (χ1n) is 9.46. The lowest BCUT2D eigenvalue weighted by atomic mass is 10.0. The van der Waals surface area contributed by atoms with E-state index in [1.165, 1.54) is 35.7 Å². The zero-order chi connectivity index (χ0) is 21.1. The number of hydrogen-bond acceptors (Lipinski definition) is 5. The molecule has 2 aromatic carbocycles. The summed E-state index contributed by atoms with van der Waals surface area (Å²) in [6.45, 7) is 3.16. The lowest BCUT2D eigenvalue weighted by Gasteiger charge is -2.29. The Labute approximate surface area is 172 Å². The van der Waals surface area contributed by atoms with E-state index in [0.29, 0.717) is 30.3 Å². The monoisotopic (exact) mass is 438 g/mol. The maximum Gasteiger partial charge on any atom is 0.243 e. The van der Waals surface area contributed by atoms with Crippen LogP contribution in [0, 0.1) is 5.92 Å². The Balaban J connectivity index is 1.73. The minimum Gasteiger partial charge on any atom is -0.496 e. The summed E-state index contributed by atoms with van der Waals surface area (Å²) in [6, 6.07) is 12.5. The average molecular weight is 439 g/mol. The molecule has 9 heteroatoms. The quantitative estimate of drug-likeness (QED) is 0.717. The number of sulfonamides is 2. The fourth-order valence-electron chi connectivity index (χ4n) is 3.27. The van der Waals surface area contributed by atoms with E-state index >= 15 is 0 Å². The van der Waals surface area contributed by atoms with Gasteiger partial charge in [0.2, 0.25) is 20.0 Å². The Morgan fingerprint density at radius 2 is 1.55 bits per heavy atom. The van der Waals surface area contributed by atoms with Crippen LogP contribution in [0.4, 0.5) is 0 Å². The van der Waals surface area contributed by atoms with Gasteiger partial charge in [-0.05, 0) is 49.1 Å². The van der Waals surface area contributed by atoms with Gasteiger partial charge in [-0.25, -0.2) is 21.6 Å². The van der Waals surface area contributed by atoms with Crippen molar-refractivity contribution in [2.24, 2.45) is 5.92 Å². The van der Waals surface area contributed by atoms with Gasteiger partial charge in [-0.2, -0.15) is 4.31 Å². The lowest BCUT2D eigenvalue weighted by molar-refractivity contribution is 0.288. The van der Waals surface area contributed by atoms with Crippen LogP contribution in [0.1, 0.15) is 25.3 Å². The van der Waals surface area contributed by atoms with Crippen molar-refractivity contribution in [2.75, 3.05) is 20.2 Å². The number of piperidine rings is 1. The summed E-state index contributed by atoms with van der Waals surface area (Å²) < 4.78 is 60.0. The summed E-state index contributed by atoms with van der Waals surface area (Å²) in [5, 5.41) is 0. The smallest absolute Gasteiger partial charge is 0.243 e. The van der Waals surface area contributed by atoms with Crippen LogP contribution >= 0.6 is 0 Å². The predicted octanol–water partition coefficient (Wildman–Crippen LogP) is 2.59. The number of nitrogens with one attached hydrogen (secondary N) is 1. The van der Waals surface area contributed by atoms with Gasteiger partial charge in [0.1, 0.15) is 5.75 Å². The molecule has 0 atom stereocenters. The van der Waals surface area contributed by atoms with Gasteiger partial charge in [-0.15, -0.1) is 0 Å². The molecule has 2 aromatic rings. The Morgan fingerprint density at radius 3 is 2.17 bits per heavy atom. The van der Waals surface area contributed by atoms with Crippen LogP contribution < -0.4 is 9.46 Å². The van der Waals surface area contributed by atoms with Crippen molar-refractivity contribution in [1.29, 1.82) is 0 Å². The molecular weight excluding hydrogens is 412 g/mol. The van der Waals surface area contributed by atoms with Gasteiger partial charge in [0, 0.05) is 25.2 Å². The maximum absolute atomic E-state index is 12.8. The fraction of sp³-hybridized carbons (Fsp3) is 0.400. The minimum absolute atomic E-state index is 0.0126. The molecule has 1 aliphatic heterocycles. The number of nitrogens with zero attached hydrogens (tertiary/aromatic N) is 1. The highest BCUT2D eigenvalue weighted by atomic mass is 32.2. The van der Waals surface area contributed by atoms with Crippen molar-refractivity contribution in [3.05, 3.63) is 54.1 Å². The largest absolute Gasteiger partial charge is 0.496 e. The number of methoxy groups -OCH3 is 1. The van der Waals surface area contributed by atoms with Crippen molar-refractivity contribution in [2.45, 2.75) is 36.1 Å². The Bertz CT molecular complexity index is 1040. The molecule has 0 saturated carbocycles. The number of rotatable bonds is 7. The Hall–Kier alpha value is -1.94. The normalized spacial score (nSPS) is 16.6. The molecule has 0 amide bonds. The van der Waals surface area contributed by atoms with Gasteiger partial charge in [0.25, 0.3) is 0 Å².